The van der Waals surface area contributed by atoms with Gasteiger partial charge in [0.05, 0.1) is 0 Å². The topological polar surface area (TPSA) is 83.8 Å². The summed E-state index contributed by atoms with van der Waals surface area (Å²) in [7, 11) is 2.00. The molecule has 5 nitrogen and oxygen atoms in total. The average Bonchev–Trinajstić information content (AvgIpc) is 2.81. The SMILES string of the molecule is C1CCCCC1.CO.CO.O=C1C=CC(=O)O1. The Kier molecular flexibility index (Phi) is 15.8. The summed E-state index contributed by atoms with van der Waals surface area (Å²) in [4.78, 5) is 19.8. The van der Waals surface area contributed by atoms with Crippen molar-refractivity contribution in [2.75, 3.05) is 14.2 Å². The molecular formula is C12H22O5. The van der Waals surface area contributed by atoms with Gasteiger partial charge >= 0.3 is 11.9 Å². The van der Waals surface area contributed by atoms with E-state index in [2.05, 4.69) is 4.74 Å². The number of carbonyl (C=O) groups is 2. The Hall–Kier alpha value is -1.20. The van der Waals surface area contributed by atoms with Gasteiger partial charge in [0, 0.05) is 26.4 Å². The van der Waals surface area contributed by atoms with Crippen LogP contribution in [0, 0.1) is 0 Å². The number of esters is 2. The van der Waals surface area contributed by atoms with Gasteiger partial charge in [0.25, 0.3) is 0 Å². The molecule has 2 rings (SSSR count). The minimum atomic E-state index is -0.579. The van der Waals surface area contributed by atoms with E-state index in [0.717, 1.165) is 26.4 Å². The normalized spacial score (nSPS) is 16.5. The lowest BCUT2D eigenvalue weighted by atomic mass is 10.0. The number of cyclic esters (lactones) is 2. The second kappa shape index (κ2) is 14.8. The van der Waals surface area contributed by atoms with Crippen LogP contribution in [0.15, 0.2) is 12.2 Å². The Morgan fingerprint density at radius 3 is 1.12 bits per heavy atom. The first kappa shape index (κ1) is 18.2. The summed E-state index contributed by atoms with van der Waals surface area (Å²) < 4.78 is 3.97. The Balaban J connectivity index is 0. The third-order valence-electron chi connectivity index (χ3n) is 2.06. The predicted molar refractivity (Wildman–Crippen MR) is 64.2 cm³/mol. The van der Waals surface area contributed by atoms with Crippen LogP contribution in [0.5, 0.6) is 0 Å². The van der Waals surface area contributed by atoms with E-state index in [1.807, 2.05) is 0 Å². The van der Waals surface area contributed by atoms with E-state index in [4.69, 9.17) is 10.2 Å². The van der Waals surface area contributed by atoms with Crippen LogP contribution in [-0.2, 0) is 14.3 Å². The molecule has 17 heavy (non-hydrogen) atoms. The fourth-order valence-electron chi connectivity index (χ4n) is 1.36. The number of aliphatic hydroxyl groups excluding tert-OH is 2. The Morgan fingerprint density at radius 1 is 0.765 bits per heavy atom. The van der Waals surface area contributed by atoms with Gasteiger partial charge in [-0.1, -0.05) is 38.5 Å². The van der Waals surface area contributed by atoms with Crippen LogP contribution in [0.3, 0.4) is 0 Å². The standard InChI is InChI=1S/C6H12.C4H2O3.2CH4O/c1-2-4-6-5-3-1;5-3-1-2-4(6)7-3;2*1-2/h1-6H2;1-2H;2*2H,1H3. The van der Waals surface area contributed by atoms with Crippen molar-refractivity contribution in [2.45, 2.75) is 38.5 Å². The highest BCUT2D eigenvalue weighted by atomic mass is 16.6. The molecule has 0 aromatic heterocycles. The molecule has 0 spiro atoms. The third kappa shape index (κ3) is 12.7. The smallest absolute Gasteiger partial charge is 0.338 e. The van der Waals surface area contributed by atoms with E-state index in [1.165, 1.54) is 38.5 Å². The maximum absolute atomic E-state index is 9.92. The molecule has 2 N–H and O–H groups in total. The summed E-state index contributed by atoms with van der Waals surface area (Å²) >= 11 is 0. The molecule has 2 aliphatic rings. The first-order valence-corrected chi connectivity index (χ1v) is 5.62. The largest absolute Gasteiger partial charge is 0.400 e. The lowest BCUT2D eigenvalue weighted by Crippen LogP contribution is -1.96. The minimum absolute atomic E-state index is 0.579. The van der Waals surface area contributed by atoms with Crippen LogP contribution in [0.25, 0.3) is 0 Å². The predicted octanol–water partition coefficient (Wildman–Crippen LogP) is 1.18. The number of rotatable bonds is 0. The van der Waals surface area contributed by atoms with Gasteiger partial charge in [-0.3, -0.25) is 0 Å². The van der Waals surface area contributed by atoms with Crippen molar-refractivity contribution in [1.29, 1.82) is 0 Å². The van der Waals surface area contributed by atoms with Crippen molar-refractivity contribution in [2.24, 2.45) is 0 Å². The molecule has 0 aromatic rings. The van der Waals surface area contributed by atoms with Crippen molar-refractivity contribution in [3.05, 3.63) is 12.2 Å². The van der Waals surface area contributed by atoms with Gasteiger partial charge in [0.1, 0.15) is 0 Å². The maximum Gasteiger partial charge on any atom is 0.338 e. The monoisotopic (exact) mass is 246 g/mol. The number of carbonyl (C=O) groups excluding carboxylic acids is 2. The van der Waals surface area contributed by atoms with Crippen LogP contribution in [0.1, 0.15) is 38.5 Å². The van der Waals surface area contributed by atoms with E-state index in [9.17, 15) is 9.59 Å². The van der Waals surface area contributed by atoms with Gasteiger partial charge in [0.15, 0.2) is 0 Å². The third-order valence-corrected chi connectivity index (χ3v) is 2.06. The molecule has 0 radical (unpaired) electrons. The summed E-state index contributed by atoms with van der Waals surface area (Å²) in [6.07, 6.45) is 11.2. The number of ether oxygens (including phenoxy) is 1. The first-order valence-electron chi connectivity index (χ1n) is 5.62. The molecule has 5 heteroatoms. The second-order valence-electron chi connectivity index (χ2n) is 3.19. The molecular weight excluding hydrogens is 224 g/mol. The average molecular weight is 246 g/mol. The van der Waals surface area contributed by atoms with Crippen molar-refractivity contribution in [3.63, 3.8) is 0 Å². The van der Waals surface area contributed by atoms with Crippen molar-refractivity contribution < 1.29 is 24.5 Å². The molecule has 0 aromatic carbocycles. The van der Waals surface area contributed by atoms with Gasteiger partial charge in [-0.2, -0.15) is 0 Å². The van der Waals surface area contributed by atoms with E-state index in [1.54, 1.807) is 0 Å². The van der Waals surface area contributed by atoms with Gasteiger partial charge in [-0.15, -0.1) is 0 Å². The van der Waals surface area contributed by atoms with Crippen LogP contribution in [0.2, 0.25) is 0 Å². The molecule has 1 aliphatic carbocycles. The summed E-state index contributed by atoms with van der Waals surface area (Å²) in [5.74, 6) is -1.16. The van der Waals surface area contributed by atoms with Gasteiger partial charge in [-0.05, 0) is 0 Å². The highest BCUT2D eigenvalue weighted by molar-refractivity contribution is 6.04. The Bertz CT molecular complexity index is 191. The zero-order chi connectivity index (χ0) is 13.5. The lowest BCUT2D eigenvalue weighted by Gasteiger charge is -2.05. The first-order chi connectivity index (χ1) is 8.29. The molecule has 0 unspecified atom stereocenters. The number of hydrogen-bond donors (Lipinski definition) is 2. The van der Waals surface area contributed by atoms with Crippen LogP contribution >= 0.6 is 0 Å². The fourth-order valence-corrected chi connectivity index (χ4v) is 1.36. The molecule has 1 saturated carbocycles. The molecule has 0 amide bonds. The molecule has 0 saturated heterocycles. The lowest BCUT2D eigenvalue weighted by molar-refractivity contribution is -0.150. The molecule has 1 heterocycles. The maximum atomic E-state index is 9.92. The summed E-state index contributed by atoms with van der Waals surface area (Å²) in [5, 5.41) is 14.0. The summed E-state index contributed by atoms with van der Waals surface area (Å²) in [6.45, 7) is 0. The highest BCUT2D eigenvalue weighted by Crippen LogP contribution is 2.15. The quantitative estimate of drug-likeness (QED) is 0.495. The van der Waals surface area contributed by atoms with Crippen LogP contribution in [-0.4, -0.2) is 36.4 Å². The van der Waals surface area contributed by atoms with Crippen LogP contribution in [0.4, 0.5) is 0 Å². The minimum Gasteiger partial charge on any atom is -0.400 e. The number of aliphatic hydroxyl groups is 2. The molecule has 1 aliphatic heterocycles. The Morgan fingerprint density at radius 2 is 1.00 bits per heavy atom. The summed E-state index contributed by atoms with van der Waals surface area (Å²) in [5.41, 5.74) is 0. The molecule has 0 bridgehead atoms. The zero-order valence-corrected chi connectivity index (χ0v) is 10.5. The highest BCUT2D eigenvalue weighted by Gasteiger charge is 2.10. The van der Waals surface area contributed by atoms with E-state index in [-0.39, 0.29) is 0 Å². The molecule has 100 valence electrons. The fraction of sp³-hybridized carbons (Fsp3) is 0.667. The Labute approximate surface area is 102 Å². The zero-order valence-electron chi connectivity index (χ0n) is 10.5. The van der Waals surface area contributed by atoms with Crippen LogP contribution < -0.4 is 0 Å². The second-order valence-corrected chi connectivity index (χ2v) is 3.19. The van der Waals surface area contributed by atoms with Gasteiger partial charge in [0.2, 0.25) is 0 Å². The van der Waals surface area contributed by atoms with E-state index in [0.29, 0.717) is 0 Å². The van der Waals surface area contributed by atoms with Gasteiger partial charge in [-0.25, -0.2) is 9.59 Å². The number of hydrogen-bond acceptors (Lipinski definition) is 5. The molecule has 1 fully saturated rings. The summed E-state index contributed by atoms with van der Waals surface area (Å²) in [6, 6.07) is 0. The van der Waals surface area contributed by atoms with Crippen molar-refractivity contribution in [1.82, 2.24) is 0 Å². The van der Waals surface area contributed by atoms with E-state index < -0.39 is 11.9 Å². The van der Waals surface area contributed by atoms with E-state index >= 15 is 0 Å². The molecule has 0 atom stereocenters. The van der Waals surface area contributed by atoms with Gasteiger partial charge < -0.3 is 14.9 Å². The van der Waals surface area contributed by atoms with Crippen molar-refractivity contribution in [3.8, 4) is 0 Å². The van der Waals surface area contributed by atoms with Crippen molar-refractivity contribution >= 4 is 11.9 Å².